The smallest absolute Gasteiger partial charge is 0.207 e. The standard InChI is InChI=1S/C20H21FN6O/c1-11(2)27-16(8-23-10-28)17(18-19(22)24-9-25-20(18)27)15-7-12-13(21)5-4-6-14(12)26(15)3/h4-7,9-11H,8H2,1-3H3,(H,23,28)(H2,22,24,25). The molecule has 0 bridgehead atoms. The lowest BCUT2D eigenvalue weighted by Crippen LogP contribution is -2.16. The van der Waals surface area contributed by atoms with E-state index in [1.807, 2.05) is 36.1 Å². The van der Waals surface area contributed by atoms with Crippen molar-refractivity contribution >= 4 is 34.2 Å². The van der Waals surface area contributed by atoms with Gasteiger partial charge in [-0.25, -0.2) is 14.4 Å². The van der Waals surface area contributed by atoms with Crippen molar-refractivity contribution in [3.05, 3.63) is 42.1 Å². The second-order valence-electron chi connectivity index (χ2n) is 7.00. The first-order valence-electron chi connectivity index (χ1n) is 9.00. The summed E-state index contributed by atoms with van der Waals surface area (Å²) < 4.78 is 18.4. The van der Waals surface area contributed by atoms with Gasteiger partial charge in [-0.3, -0.25) is 4.79 Å². The average molecular weight is 380 g/mol. The summed E-state index contributed by atoms with van der Waals surface area (Å²) in [5, 5.41) is 3.96. The van der Waals surface area contributed by atoms with Crippen LogP contribution in [0.15, 0.2) is 30.6 Å². The number of nitrogen functional groups attached to an aromatic ring is 1. The van der Waals surface area contributed by atoms with Gasteiger partial charge in [0.05, 0.1) is 23.1 Å². The quantitative estimate of drug-likeness (QED) is 0.521. The number of anilines is 1. The molecule has 0 fully saturated rings. The number of aryl methyl sites for hydroxylation is 1. The lowest BCUT2D eigenvalue weighted by molar-refractivity contribution is -0.109. The fourth-order valence-corrected chi connectivity index (χ4v) is 3.91. The highest BCUT2D eigenvalue weighted by Crippen LogP contribution is 2.40. The lowest BCUT2D eigenvalue weighted by atomic mass is 10.1. The monoisotopic (exact) mass is 380 g/mol. The average Bonchev–Trinajstić information content (AvgIpc) is 3.17. The number of nitrogens with two attached hydrogens (primary N) is 1. The molecule has 0 spiro atoms. The van der Waals surface area contributed by atoms with Gasteiger partial charge in [0.1, 0.15) is 23.6 Å². The molecule has 1 amide bonds. The van der Waals surface area contributed by atoms with Gasteiger partial charge in [-0.2, -0.15) is 0 Å². The second-order valence-corrected chi connectivity index (χ2v) is 7.00. The van der Waals surface area contributed by atoms with E-state index in [9.17, 15) is 9.18 Å². The highest BCUT2D eigenvalue weighted by molar-refractivity contribution is 6.04. The molecule has 4 aromatic rings. The van der Waals surface area contributed by atoms with Crippen molar-refractivity contribution in [3.8, 4) is 11.3 Å². The molecule has 4 rings (SSSR count). The van der Waals surface area contributed by atoms with Gasteiger partial charge < -0.3 is 20.2 Å². The van der Waals surface area contributed by atoms with Crippen molar-refractivity contribution in [2.24, 2.45) is 7.05 Å². The molecule has 7 nitrogen and oxygen atoms in total. The summed E-state index contributed by atoms with van der Waals surface area (Å²) in [6, 6.07) is 6.87. The fourth-order valence-electron chi connectivity index (χ4n) is 3.91. The van der Waals surface area contributed by atoms with Crippen molar-refractivity contribution in [1.82, 2.24) is 24.4 Å². The van der Waals surface area contributed by atoms with Crippen molar-refractivity contribution in [3.63, 3.8) is 0 Å². The van der Waals surface area contributed by atoms with Crippen molar-refractivity contribution < 1.29 is 9.18 Å². The van der Waals surface area contributed by atoms with Crippen molar-refractivity contribution in [2.45, 2.75) is 26.4 Å². The number of carbonyl (C=O) groups is 1. The Morgan fingerprint density at radius 2 is 2.11 bits per heavy atom. The number of hydrogen-bond donors (Lipinski definition) is 2. The number of aromatic nitrogens is 4. The van der Waals surface area contributed by atoms with Crippen LogP contribution in [0.25, 0.3) is 33.2 Å². The minimum Gasteiger partial charge on any atom is -0.383 e. The molecular weight excluding hydrogens is 359 g/mol. The first-order valence-corrected chi connectivity index (χ1v) is 9.00. The van der Waals surface area contributed by atoms with E-state index in [2.05, 4.69) is 15.3 Å². The minimum atomic E-state index is -0.288. The van der Waals surface area contributed by atoms with E-state index in [0.717, 1.165) is 22.5 Å². The van der Waals surface area contributed by atoms with E-state index < -0.39 is 0 Å². The molecule has 0 unspecified atom stereocenters. The van der Waals surface area contributed by atoms with E-state index in [4.69, 9.17) is 5.73 Å². The molecule has 0 saturated carbocycles. The zero-order chi connectivity index (χ0) is 20.0. The summed E-state index contributed by atoms with van der Waals surface area (Å²) in [5.41, 5.74) is 10.1. The van der Waals surface area contributed by atoms with E-state index in [-0.39, 0.29) is 18.4 Å². The maximum absolute atomic E-state index is 14.4. The normalized spacial score (nSPS) is 11.6. The lowest BCUT2D eigenvalue weighted by Gasteiger charge is -2.15. The molecule has 1 aromatic carbocycles. The zero-order valence-corrected chi connectivity index (χ0v) is 15.9. The van der Waals surface area contributed by atoms with Crippen LogP contribution >= 0.6 is 0 Å². The Kier molecular flexibility index (Phi) is 4.26. The minimum absolute atomic E-state index is 0.0698. The van der Waals surface area contributed by atoms with Crippen LogP contribution in [0.3, 0.4) is 0 Å². The molecular formula is C20H21FN6O. The van der Waals surface area contributed by atoms with E-state index >= 15 is 0 Å². The Labute approximate surface area is 161 Å². The van der Waals surface area contributed by atoms with E-state index in [0.29, 0.717) is 28.6 Å². The predicted octanol–water partition coefficient (Wildman–Crippen LogP) is 3.14. The van der Waals surface area contributed by atoms with Gasteiger partial charge >= 0.3 is 0 Å². The predicted molar refractivity (Wildman–Crippen MR) is 107 cm³/mol. The molecule has 0 atom stereocenters. The first kappa shape index (κ1) is 18.0. The third-order valence-corrected chi connectivity index (χ3v) is 5.07. The topological polar surface area (TPSA) is 90.8 Å². The van der Waals surface area contributed by atoms with Gasteiger partial charge in [0.25, 0.3) is 0 Å². The van der Waals surface area contributed by atoms with Crippen LogP contribution in [0.5, 0.6) is 0 Å². The first-order chi connectivity index (χ1) is 13.5. The third-order valence-electron chi connectivity index (χ3n) is 5.07. The van der Waals surface area contributed by atoms with Crippen LogP contribution in [0.1, 0.15) is 25.6 Å². The Hall–Kier alpha value is -3.42. The molecule has 0 saturated heterocycles. The molecule has 28 heavy (non-hydrogen) atoms. The number of fused-ring (bicyclic) bond motifs is 2. The van der Waals surface area contributed by atoms with Crippen LogP contribution in [-0.4, -0.2) is 25.5 Å². The maximum Gasteiger partial charge on any atom is 0.207 e. The number of nitrogens with zero attached hydrogens (tertiary/aromatic N) is 4. The summed E-state index contributed by atoms with van der Waals surface area (Å²) in [7, 11) is 1.88. The largest absolute Gasteiger partial charge is 0.383 e. The van der Waals surface area contributed by atoms with Crippen LogP contribution < -0.4 is 11.1 Å². The number of amides is 1. The number of benzene rings is 1. The van der Waals surface area contributed by atoms with Crippen LogP contribution in [0.2, 0.25) is 0 Å². The number of rotatable bonds is 5. The van der Waals surface area contributed by atoms with Gasteiger partial charge in [-0.05, 0) is 32.0 Å². The molecule has 3 heterocycles. The number of hydrogen-bond acceptors (Lipinski definition) is 4. The molecule has 0 aliphatic carbocycles. The summed E-state index contributed by atoms with van der Waals surface area (Å²) >= 11 is 0. The molecule has 0 aliphatic heterocycles. The summed E-state index contributed by atoms with van der Waals surface area (Å²) in [4.78, 5) is 19.6. The van der Waals surface area contributed by atoms with Crippen LogP contribution in [-0.2, 0) is 18.4 Å². The third kappa shape index (κ3) is 2.52. The van der Waals surface area contributed by atoms with Crippen molar-refractivity contribution in [2.75, 3.05) is 5.73 Å². The summed E-state index contributed by atoms with van der Waals surface area (Å²) in [6.45, 7) is 4.36. The van der Waals surface area contributed by atoms with E-state index in [1.165, 1.54) is 12.4 Å². The molecule has 144 valence electrons. The Balaban J connectivity index is 2.16. The molecule has 0 radical (unpaired) electrons. The van der Waals surface area contributed by atoms with Gasteiger partial charge in [0.2, 0.25) is 6.41 Å². The van der Waals surface area contributed by atoms with E-state index in [1.54, 1.807) is 12.1 Å². The second kappa shape index (κ2) is 6.63. The SMILES string of the molecule is CC(C)n1c(CNC=O)c(-c2cc3c(F)cccc3n2C)c2c(N)ncnc21. The van der Waals surface area contributed by atoms with Crippen molar-refractivity contribution in [1.29, 1.82) is 0 Å². The summed E-state index contributed by atoms with van der Waals surface area (Å²) in [5.74, 6) is 0.0567. The van der Waals surface area contributed by atoms with Crippen LogP contribution in [0, 0.1) is 5.82 Å². The van der Waals surface area contributed by atoms with Crippen LogP contribution in [0.4, 0.5) is 10.2 Å². The Bertz CT molecular complexity index is 1210. The summed E-state index contributed by atoms with van der Waals surface area (Å²) in [6.07, 6.45) is 2.08. The van der Waals surface area contributed by atoms with Gasteiger partial charge in [-0.1, -0.05) is 6.07 Å². The number of carbonyl (C=O) groups excluding carboxylic acids is 1. The molecule has 3 N–H and O–H groups in total. The van der Waals surface area contributed by atoms with Gasteiger partial charge in [0.15, 0.2) is 0 Å². The molecule has 3 aromatic heterocycles. The zero-order valence-electron chi connectivity index (χ0n) is 15.9. The molecule has 0 aliphatic rings. The highest BCUT2D eigenvalue weighted by atomic mass is 19.1. The van der Waals surface area contributed by atoms with Gasteiger partial charge in [-0.15, -0.1) is 0 Å². The van der Waals surface area contributed by atoms with Gasteiger partial charge in [0, 0.05) is 29.7 Å². The Morgan fingerprint density at radius 3 is 2.79 bits per heavy atom. The molecule has 8 heteroatoms. The Morgan fingerprint density at radius 1 is 1.32 bits per heavy atom. The number of halogens is 1. The number of nitrogens with one attached hydrogen (secondary N) is 1. The maximum atomic E-state index is 14.4. The highest BCUT2D eigenvalue weighted by Gasteiger charge is 2.25. The fraction of sp³-hybridized carbons (Fsp3) is 0.250.